The van der Waals surface area contributed by atoms with Gasteiger partial charge in [-0.25, -0.2) is 0 Å². The van der Waals surface area contributed by atoms with E-state index < -0.39 is 0 Å². The minimum Gasteiger partial charge on any atom is -0.489 e. The van der Waals surface area contributed by atoms with E-state index in [1.807, 2.05) is 24.3 Å². The number of ether oxygens (including phenoxy) is 1. The normalized spacial score (nSPS) is 17.6. The van der Waals surface area contributed by atoms with Crippen molar-refractivity contribution in [2.75, 3.05) is 19.6 Å². The second kappa shape index (κ2) is 9.61. The molecule has 3 rings (SSSR count). The van der Waals surface area contributed by atoms with Crippen molar-refractivity contribution in [1.82, 2.24) is 10.2 Å². The topological polar surface area (TPSA) is 24.5 Å². The maximum atomic E-state index is 6.08. The molecular formula is C21H26Cl2N2O. The molecule has 0 spiro atoms. The fourth-order valence-electron chi connectivity index (χ4n) is 3.50. The van der Waals surface area contributed by atoms with Crippen LogP contribution in [-0.2, 0) is 13.2 Å². The van der Waals surface area contributed by atoms with E-state index in [9.17, 15) is 0 Å². The second-order valence-corrected chi connectivity index (χ2v) is 7.51. The lowest BCUT2D eigenvalue weighted by molar-refractivity contribution is 0.259. The van der Waals surface area contributed by atoms with Gasteiger partial charge in [-0.15, -0.1) is 0 Å². The average molecular weight is 393 g/mol. The SMILES string of the molecule is CCN1CCC[C@H]1CNCc1ccccc1OCc1ccc(Cl)c(Cl)c1. The number of nitrogens with zero attached hydrogens (tertiary/aromatic N) is 1. The minimum absolute atomic E-state index is 0.472. The molecule has 26 heavy (non-hydrogen) atoms. The third-order valence-electron chi connectivity index (χ3n) is 4.95. The molecule has 1 N–H and O–H groups in total. The van der Waals surface area contributed by atoms with Crippen molar-refractivity contribution in [2.24, 2.45) is 0 Å². The van der Waals surface area contributed by atoms with Crippen LogP contribution >= 0.6 is 23.2 Å². The van der Waals surface area contributed by atoms with Crippen LogP contribution in [0.3, 0.4) is 0 Å². The lowest BCUT2D eigenvalue weighted by atomic mass is 10.1. The van der Waals surface area contributed by atoms with Gasteiger partial charge in [-0.2, -0.15) is 0 Å². The van der Waals surface area contributed by atoms with Crippen molar-refractivity contribution >= 4 is 23.2 Å². The fourth-order valence-corrected chi connectivity index (χ4v) is 3.82. The van der Waals surface area contributed by atoms with Crippen LogP contribution in [0.1, 0.15) is 30.9 Å². The van der Waals surface area contributed by atoms with Crippen LogP contribution in [0.2, 0.25) is 10.0 Å². The molecule has 0 radical (unpaired) electrons. The summed E-state index contributed by atoms with van der Waals surface area (Å²) < 4.78 is 6.03. The predicted molar refractivity (Wildman–Crippen MR) is 109 cm³/mol. The van der Waals surface area contributed by atoms with Crippen LogP contribution in [-0.4, -0.2) is 30.6 Å². The molecule has 0 aromatic heterocycles. The molecule has 1 saturated heterocycles. The first-order chi connectivity index (χ1) is 12.7. The fraction of sp³-hybridized carbons (Fsp3) is 0.429. The Morgan fingerprint density at radius 2 is 2.00 bits per heavy atom. The molecule has 5 heteroatoms. The van der Waals surface area contributed by atoms with Gasteiger partial charge in [0.15, 0.2) is 0 Å². The van der Waals surface area contributed by atoms with E-state index >= 15 is 0 Å². The molecule has 140 valence electrons. The van der Waals surface area contributed by atoms with Gasteiger partial charge >= 0.3 is 0 Å². The molecule has 0 unspecified atom stereocenters. The number of nitrogens with one attached hydrogen (secondary N) is 1. The maximum absolute atomic E-state index is 6.08. The highest BCUT2D eigenvalue weighted by atomic mass is 35.5. The molecule has 1 fully saturated rings. The zero-order valence-electron chi connectivity index (χ0n) is 15.2. The molecule has 1 atom stereocenters. The Labute approximate surface area is 166 Å². The van der Waals surface area contributed by atoms with Crippen LogP contribution in [0.25, 0.3) is 0 Å². The first-order valence-corrected chi connectivity index (χ1v) is 10.0. The van der Waals surface area contributed by atoms with Gasteiger partial charge < -0.3 is 10.1 Å². The summed E-state index contributed by atoms with van der Waals surface area (Å²) in [5.41, 5.74) is 2.18. The molecule has 2 aromatic carbocycles. The zero-order valence-corrected chi connectivity index (χ0v) is 16.7. The zero-order chi connectivity index (χ0) is 18.4. The smallest absolute Gasteiger partial charge is 0.124 e. The number of para-hydroxylation sites is 1. The van der Waals surface area contributed by atoms with Crippen molar-refractivity contribution < 1.29 is 4.74 Å². The number of hydrogen-bond acceptors (Lipinski definition) is 3. The van der Waals surface area contributed by atoms with Crippen LogP contribution < -0.4 is 10.1 Å². The number of halogens is 2. The van der Waals surface area contributed by atoms with Gasteiger partial charge in [0.2, 0.25) is 0 Å². The number of likely N-dealkylation sites (tertiary alicyclic amines) is 1. The highest BCUT2D eigenvalue weighted by Crippen LogP contribution is 2.24. The summed E-state index contributed by atoms with van der Waals surface area (Å²) in [5, 5.41) is 4.72. The summed E-state index contributed by atoms with van der Waals surface area (Å²) in [5.74, 6) is 0.907. The van der Waals surface area contributed by atoms with Gasteiger partial charge in [-0.3, -0.25) is 4.90 Å². The maximum Gasteiger partial charge on any atom is 0.124 e. The summed E-state index contributed by atoms with van der Waals surface area (Å²) in [7, 11) is 0. The van der Waals surface area contributed by atoms with Crippen LogP contribution in [0, 0.1) is 0 Å². The van der Waals surface area contributed by atoms with E-state index in [1.54, 1.807) is 6.07 Å². The summed E-state index contributed by atoms with van der Waals surface area (Å²) in [6.45, 7) is 6.91. The Balaban J connectivity index is 1.55. The summed E-state index contributed by atoms with van der Waals surface area (Å²) >= 11 is 12.1. The minimum atomic E-state index is 0.472. The first kappa shape index (κ1) is 19.5. The van der Waals surface area contributed by atoms with E-state index in [0.717, 1.165) is 30.9 Å². The van der Waals surface area contributed by atoms with Crippen molar-refractivity contribution in [3.05, 3.63) is 63.6 Å². The lowest BCUT2D eigenvalue weighted by Gasteiger charge is -2.23. The third-order valence-corrected chi connectivity index (χ3v) is 5.69. The summed E-state index contributed by atoms with van der Waals surface area (Å²) in [4.78, 5) is 2.56. The molecule has 3 nitrogen and oxygen atoms in total. The Kier molecular flexibility index (Phi) is 7.21. The number of rotatable bonds is 8. The molecule has 1 aliphatic heterocycles. The highest BCUT2D eigenvalue weighted by molar-refractivity contribution is 6.42. The Hall–Kier alpha value is -1.26. The van der Waals surface area contributed by atoms with E-state index in [1.165, 1.54) is 24.9 Å². The second-order valence-electron chi connectivity index (χ2n) is 6.70. The lowest BCUT2D eigenvalue weighted by Crippen LogP contribution is -2.37. The molecule has 1 aliphatic rings. The van der Waals surface area contributed by atoms with E-state index in [4.69, 9.17) is 27.9 Å². The highest BCUT2D eigenvalue weighted by Gasteiger charge is 2.22. The largest absolute Gasteiger partial charge is 0.489 e. The van der Waals surface area contributed by atoms with Gasteiger partial charge in [0.25, 0.3) is 0 Å². The Morgan fingerprint density at radius 1 is 1.15 bits per heavy atom. The number of hydrogen-bond donors (Lipinski definition) is 1. The van der Waals surface area contributed by atoms with Gasteiger partial charge in [0, 0.05) is 24.7 Å². The van der Waals surface area contributed by atoms with E-state index in [0.29, 0.717) is 22.7 Å². The molecular weight excluding hydrogens is 367 g/mol. The van der Waals surface area contributed by atoms with Crippen LogP contribution in [0.15, 0.2) is 42.5 Å². The number of likely N-dealkylation sites (N-methyl/N-ethyl adjacent to an activating group) is 1. The molecule has 0 aliphatic carbocycles. The predicted octanol–water partition coefficient (Wildman–Crippen LogP) is 5.15. The van der Waals surface area contributed by atoms with Gasteiger partial charge in [0.1, 0.15) is 12.4 Å². The Bertz CT molecular complexity index is 723. The monoisotopic (exact) mass is 392 g/mol. The van der Waals surface area contributed by atoms with Gasteiger partial charge in [-0.05, 0) is 49.7 Å². The summed E-state index contributed by atoms with van der Waals surface area (Å²) in [6.07, 6.45) is 2.60. The van der Waals surface area contributed by atoms with Crippen molar-refractivity contribution in [3.8, 4) is 5.75 Å². The molecule has 0 saturated carbocycles. The van der Waals surface area contributed by atoms with Crippen molar-refractivity contribution in [3.63, 3.8) is 0 Å². The Morgan fingerprint density at radius 3 is 2.81 bits per heavy atom. The first-order valence-electron chi connectivity index (χ1n) is 9.26. The standard InChI is InChI=1S/C21H26Cl2N2O/c1-2-25-11-5-7-18(25)14-24-13-17-6-3-4-8-21(17)26-15-16-9-10-19(22)20(23)12-16/h3-4,6,8-10,12,18,24H,2,5,7,11,13-15H2,1H3/t18-/m0/s1. The van der Waals surface area contributed by atoms with Gasteiger partial charge in [0.05, 0.1) is 10.0 Å². The quantitative estimate of drug-likeness (QED) is 0.672. The van der Waals surface area contributed by atoms with E-state index in [2.05, 4.69) is 29.3 Å². The third kappa shape index (κ3) is 5.14. The van der Waals surface area contributed by atoms with Crippen molar-refractivity contribution in [1.29, 1.82) is 0 Å². The van der Waals surface area contributed by atoms with Crippen molar-refractivity contribution in [2.45, 2.75) is 39.0 Å². The average Bonchev–Trinajstić information content (AvgIpc) is 3.11. The molecule has 0 bridgehead atoms. The molecule has 2 aromatic rings. The summed E-state index contributed by atoms with van der Waals surface area (Å²) in [6, 6.07) is 14.4. The van der Waals surface area contributed by atoms with E-state index in [-0.39, 0.29) is 0 Å². The molecule has 0 amide bonds. The number of benzene rings is 2. The van der Waals surface area contributed by atoms with Crippen LogP contribution in [0.4, 0.5) is 0 Å². The van der Waals surface area contributed by atoms with Gasteiger partial charge in [-0.1, -0.05) is 54.4 Å². The van der Waals surface area contributed by atoms with Crippen LogP contribution in [0.5, 0.6) is 5.75 Å². The molecule has 1 heterocycles.